The predicted octanol–water partition coefficient (Wildman–Crippen LogP) is 2.09. The largest absolute Gasteiger partial charge is 0.463 e. The van der Waals surface area contributed by atoms with Crippen LogP contribution in [0.5, 0.6) is 5.88 Å². The second-order valence-corrected chi connectivity index (χ2v) is 6.62. The molecule has 4 N–H and O–H groups in total. The molecule has 0 fully saturated rings. The van der Waals surface area contributed by atoms with Crippen molar-refractivity contribution in [2.75, 3.05) is 31.2 Å². The summed E-state index contributed by atoms with van der Waals surface area (Å²) in [7, 11) is 1.82. The van der Waals surface area contributed by atoms with Gasteiger partial charge in [0, 0.05) is 19.2 Å². The molecule has 158 valence electrons. The molecule has 8 nitrogen and oxygen atoms in total. The predicted molar refractivity (Wildman–Crippen MR) is 120 cm³/mol. The molecular weight excluding hydrogens is 392 g/mol. The average molecular weight is 416 g/mol. The van der Waals surface area contributed by atoms with Gasteiger partial charge in [0.25, 0.3) is 0 Å². The van der Waals surface area contributed by atoms with Crippen molar-refractivity contribution in [1.29, 1.82) is 0 Å². The zero-order valence-electron chi connectivity index (χ0n) is 17.3. The monoisotopic (exact) mass is 416 g/mol. The number of hydrogen-bond acceptors (Lipinski definition) is 8. The van der Waals surface area contributed by atoms with Gasteiger partial charge in [-0.3, -0.25) is 4.79 Å². The topological polar surface area (TPSA) is 115 Å². The number of rotatable bonds is 9. The van der Waals surface area contributed by atoms with Gasteiger partial charge in [-0.1, -0.05) is 36.1 Å². The number of hydrogen-bond donors (Lipinski definition) is 3. The Kier molecular flexibility index (Phi) is 7.91. The van der Waals surface area contributed by atoms with E-state index in [-0.39, 0.29) is 18.8 Å². The van der Waals surface area contributed by atoms with Gasteiger partial charge in [-0.05, 0) is 30.3 Å². The van der Waals surface area contributed by atoms with Crippen molar-refractivity contribution in [2.24, 2.45) is 0 Å². The molecule has 1 aromatic carbocycles. The van der Waals surface area contributed by atoms with Gasteiger partial charge in [-0.25, -0.2) is 15.0 Å². The summed E-state index contributed by atoms with van der Waals surface area (Å²) in [6.07, 6.45) is 4.74. The van der Waals surface area contributed by atoms with Crippen molar-refractivity contribution < 1.29 is 9.53 Å². The fraction of sp³-hybridized carbons (Fsp3) is 0.217. The Hall–Kier alpha value is -3.96. The van der Waals surface area contributed by atoms with E-state index < -0.39 is 0 Å². The number of pyridine rings is 1. The molecule has 0 radical (unpaired) electrons. The minimum atomic E-state index is -0.116. The summed E-state index contributed by atoms with van der Waals surface area (Å²) in [5, 5.41) is 6.17. The van der Waals surface area contributed by atoms with Crippen molar-refractivity contribution in [2.45, 2.75) is 13.0 Å². The number of ether oxygens (including phenoxy) is 1. The normalized spacial score (nSPS) is 10.1. The van der Waals surface area contributed by atoms with E-state index in [9.17, 15) is 4.79 Å². The Morgan fingerprint density at radius 1 is 1.10 bits per heavy atom. The van der Waals surface area contributed by atoms with Crippen LogP contribution < -0.4 is 21.1 Å². The zero-order chi connectivity index (χ0) is 21.9. The Bertz CT molecular complexity index is 1070. The van der Waals surface area contributed by atoms with Gasteiger partial charge in [-0.15, -0.1) is 0 Å². The molecule has 0 atom stereocenters. The highest BCUT2D eigenvalue weighted by Crippen LogP contribution is 2.16. The molecule has 2 aromatic heterocycles. The molecule has 2 heterocycles. The van der Waals surface area contributed by atoms with Crippen LogP contribution in [0.15, 0.2) is 55.0 Å². The highest BCUT2D eigenvalue weighted by molar-refractivity contribution is 5.95. The molecule has 0 saturated heterocycles. The van der Waals surface area contributed by atoms with E-state index >= 15 is 0 Å². The molecule has 0 amide bonds. The highest BCUT2D eigenvalue weighted by atomic mass is 16.5. The van der Waals surface area contributed by atoms with E-state index in [1.54, 1.807) is 6.20 Å². The highest BCUT2D eigenvalue weighted by Gasteiger charge is 2.10. The van der Waals surface area contributed by atoms with Crippen molar-refractivity contribution in [3.05, 3.63) is 71.8 Å². The number of aromatic nitrogens is 3. The second-order valence-electron chi connectivity index (χ2n) is 6.62. The SMILES string of the molecule is CNCC#CCOc1cnc(C(=O)Cc2cccc(CNc3cccnc3N)c2)cn1. The van der Waals surface area contributed by atoms with Crippen LogP contribution in [0.2, 0.25) is 0 Å². The maximum atomic E-state index is 12.6. The minimum Gasteiger partial charge on any atom is -0.463 e. The fourth-order valence-corrected chi connectivity index (χ4v) is 2.74. The fourth-order valence-electron chi connectivity index (χ4n) is 2.74. The molecule has 3 aromatic rings. The first-order valence-corrected chi connectivity index (χ1v) is 9.76. The molecule has 0 spiro atoms. The maximum Gasteiger partial charge on any atom is 0.233 e. The summed E-state index contributed by atoms with van der Waals surface area (Å²) in [5.74, 6) is 6.40. The molecule has 0 bridgehead atoms. The number of carbonyl (C=O) groups is 1. The van der Waals surface area contributed by atoms with E-state index in [1.165, 1.54) is 12.4 Å². The number of carbonyl (C=O) groups excluding carboxylic acids is 1. The van der Waals surface area contributed by atoms with Crippen LogP contribution in [0.4, 0.5) is 11.5 Å². The lowest BCUT2D eigenvalue weighted by molar-refractivity contribution is 0.0987. The van der Waals surface area contributed by atoms with Crippen LogP contribution in [0.25, 0.3) is 0 Å². The molecule has 8 heteroatoms. The zero-order valence-corrected chi connectivity index (χ0v) is 17.3. The second kappa shape index (κ2) is 11.3. The van der Waals surface area contributed by atoms with Crippen LogP contribution in [0.1, 0.15) is 21.6 Å². The van der Waals surface area contributed by atoms with Gasteiger partial charge >= 0.3 is 0 Å². The third-order valence-corrected chi connectivity index (χ3v) is 4.27. The Morgan fingerprint density at radius 3 is 2.74 bits per heavy atom. The number of benzene rings is 1. The molecule has 3 rings (SSSR count). The lowest BCUT2D eigenvalue weighted by atomic mass is 10.0. The van der Waals surface area contributed by atoms with Crippen molar-refractivity contribution in [1.82, 2.24) is 20.3 Å². The lowest BCUT2D eigenvalue weighted by Gasteiger charge is -2.09. The van der Waals surface area contributed by atoms with Crippen LogP contribution >= 0.6 is 0 Å². The summed E-state index contributed by atoms with van der Waals surface area (Å²) in [6, 6.07) is 11.5. The molecule has 0 saturated carbocycles. The molecule has 0 aliphatic heterocycles. The summed E-state index contributed by atoms with van der Waals surface area (Å²) in [4.78, 5) is 24.9. The number of Topliss-reactive ketones (excluding diaryl/α,β-unsaturated/α-hetero) is 1. The molecule has 31 heavy (non-hydrogen) atoms. The summed E-state index contributed by atoms with van der Waals surface area (Å²) in [5.41, 5.74) is 8.84. The van der Waals surface area contributed by atoms with E-state index in [1.807, 2.05) is 43.4 Å². The third kappa shape index (κ3) is 6.80. The van der Waals surface area contributed by atoms with Crippen molar-refractivity contribution >= 4 is 17.3 Å². The Morgan fingerprint density at radius 2 is 1.97 bits per heavy atom. The number of nitrogen functional groups attached to an aromatic ring is 1. The smallest absolute Gasteiger partial charge is 0.233 e. The van der Waals surface area contributed by atoms with E-state index in [0.29, 0.717) is 30.5 Å². The molecule has 0 aliphatic rings. The number of anilines is 2. The van der Waals surface area contributed by atoms with E-state index in [0.717, 1.165) is 16.8 Å². The van der Waals surface area contributed by atoms with Gasteiger partial charge < -0.3 is 21.1 Å². The Labute approximate surface area is 181 Å². The Balaban J connectivity index is 1.55. The minimum absolute atomic E-state index is 0.116. The average Bonchev–Trinajstić information content (AvgIpc) is 2.79. The van der Waals surface area contributed by atoms with Gasteiger partial charge in [0.15, 0.2) is 12.4 Å². The first kappa shape index (κ1) is 21.7. The summed E-state index contributed by atoms with van der Waals surface area (Å²) >= 11 is 0. The van der Waals surface area contributed by atoms with Crippen molar-refractivity contribution in [3.63, 3.8) is 0 Å². The van der Waals surface area contributed by atoms with Gasteiger partial charge in [0.05, 0.1) is 24.6 Å². The molecular formula is C23H24N6O2. The molecule has 0 aliphatic carbocycles. The number of ketones is 1. The summed E-state index contributed by atoms with van der Waals surface area (Å²) in [6.45, 7) is 1.38. The lowest BCUT2D eigenvalue weighted by Crippen LogP contribution is -2.08. The van der Waals surface area contributed by atoms with Crippen LogP contribution in [-0.2, 0) is 13.0 Å². The van der Waals surface area contributed by atoms with Gasteiger partial charge in [0.1, 0.15) is 11.5 Å². The molecule has 0 unspecified atom stereocenters. The van der Waals surface area contributed by atoms with Crippen LogP contribution in [0.3, 0.4) is 0 Å². The standard InChI is InChI=1S/C23H24N6O2/c1-25-9-2-3-11-31-22-16-28-20(15-29-22)21(30)13-17-6-4-7-18(12-17)14-27-19-8-5-10-26-23(19)24/h4-8,10,12,15-16,25,27H,9,11,13-14H2,1H3,(H2,24,26). The number of nitrogens with one attached hydrogen (secondary N) is 2. The van der Waals surface area contributed by atoms with Crippen LogP contribution in [-0.4, -0.2) is 40.9 Å². The van der Waals surface area contributed by atoms with E-state index in [4.69, 9.17) is 10.5 Å². The first-order chi connectivity index (χ1) is 15.2. The maximum absolute atomic E-state index is 12.6. The quantitative estimate of drug-likeness (QED) is 0.359. The number of nitrogens with two attached hydrogens (primary N) is 1. The third-order valence-electron chi connectivity index (χ3n) is 4.27. The van der Waals surface area contributed by atoms with Gasteiger partial charge in [0.2, 0.25) is 5.88 Å². The van der Waals surface area contributed by atoms with Crippen LogP contribution in [0, 0.1) is 11.8 Å². The van der Waals surface area contributed by atoms with Crippen molar-refractivity contribution in [3.8, 4) is 17.7 Å². The number of nitrogens with zero attached hydrogens (tertiary/aromatic N) is 3. The summed E-state index contributed by atoms with van der Waals surface area (Å²) < 4.78 is 5.39. The van der Waals surface area contributed by atoms with E-state index in [2.05, 4.69) is 37.4 Å². The first-order valence-electron chi connectivity index (χ1n) is 9.76. The van der Waals surface area contributed by atoms with Gasteiger partial charge in [-0.2, -0.15) is 0 Å².